The van der Waals surface area contributed by atoms with Gasteiger partial charge in [-0.05, 0) is 37.5 Å². The molecule has 0 aliphatic heterocycles. The van der Waals surface area contributed by atoms with Gasteiger partial charge in [0.05, 0.1) is 6.61 Å². The maximum atomic E-state index is 5.65. The SMILES string of the molecule is CCCC(OC)OCCCCOc1cccc(Br)c1. The van der Waals surface area contributed by atoms with Crippen LogP contribution in [0.15, 0.2) is 28.7 Å². The normalized spacial score (nSPS) is 12.4. The highest BCUT2D eigenvalue weighted by atomic mass is 79.9. The van der Waals surface area contributed by atoms with Crippen molar-refractivity contribution in [3.8, 4) is 5.75 Å². The van der Waals surface area contributed by atoms with Crippen LogP contribution >= 0.6 is 15.9 Å². The molecule has 0 aliphatic carbocycles. The van der Waals surface area contributed by atoms with Crippen molar-refractivity contribution in [3.63, 3.8) is 0 Å². The second kappa shape index (κ2) is 10.2. The maximum Gasteiger partial charge on any atom is 0.157 e. The summed E-state index contributed by atoms with van der Waals surface area (Å²) in [5, 5.41) is 0. The topological polar surface area (TPSA) is 27.7 Å². The van der Waals surface area contributed by atoms with Gasteiger partial charge in [0.1, 0.15) is 5.75 Å². The average Bonchev–Trinajstić information content (AvgIpc) is 2.41. The molecule has 0 fully saturated rings. The third-order valence-electron chi connectivity index (χ3n) is 2.69. The number of unbranched alkanes of at least 4 members (excludes halogenated alkanes) is 1. The van der Waals surface area contributed by atoms with Gasteiger partial charge in [-0.3, -0.25) is 0 Å². The van der Waals surface area contributed by atoms with E-state index in [-0.39, 0.29) is 6.29 Å². The Morgan fingerprint density at radius 2 is 2.00 bits per heavy atom. The number of methoxy groups -OCH3 is 1. The molecule has 1 rings (SSSR count). The molecule has 1 atom stereocenters. The molecular formula is C15H23BrO3. The average molecular weight is 331 g/mol. The molecule has 0 radical (unpaired) electrons. The van der Waals surface area contributed by atoms with E-state index < -0.39 is 0 Å². The fourth-order valence-corrected chi connectivity index (χ4v) is 2.05. The molecule has 108 valence electrons. The number of hydrogen-bond donors (Lipinski definition) is 0. The van der Waals surface area contributed by atoms with Crippen LogP contribution in [0.2, 0.25) is 0 Å². The summed E-state index contributed by atoms with van der Waals surface area (Å²) in [6, 6.07) is 7.89. The molecule has 1 unspecified atom stereocenters. The third kappa shape index (κ3) is 7.55. The van der Waals surface area contributed by atoms with Crippen LogP contribution in [0, 0.1) is 0 Å². The smallest absolute Gasteiger partial charge is 0.157 e. The van der Waals surface area contributed by atoms with Crippen LogP contribution in [0.4, 0.5) is 0 Å². The zero-order chi connectivity index (χ0) is 13.9. The van der Waals surface area contributed by atoms with E-state index in [1.807, 2.05) is 24.3 Å². The third-order valence-corrected chi connectivity index (χ3v) is 3.19. The molecule has 4 heteroatoms. The predicted octanol–water partition coefficient (Wildman–Crippen LogP) is 4.40. The molecule has 0 saturated heterocycles. The molecule has 0 aromatic heterocycles. The summed E-state index contributed by atoms with van der Waals surface area (Å²) >= 11 is 3.42. The minimum Gasteiger partial charge on any atom is -0.494 e. The molecule has 0 N–H and O–H groups in total. The Balaban J connectivity index is 2.05. The number of hydrogen-bond acceptors (Lipinski definition) is 3. The standard InChI is InChI=1S/C15H23BrO3/c1-3-7-15(17-2)19-11-5-4-10-18-14-9-6-8-13(16)12-14/h6,8-9,12,15H,3-5,7,10-11H2,1-2H3. The van der Waals surface area contributed by atoms with Crippen molar-refractivity contribution in [3.05, 3.63) is 28.7 Å². The van der Waals surface area contributed by atoms with Crippen molar-refractivity contribution in [1.29, 1.82) is 0 Å². The molecule has 0 spiro atoms. The van der Waals surface area contributed by atoms with Gasteiger partial charge in [-0.2, -0.15) is 0 Å². The number of ether oxygens (including phenoxy) is 3. The van der Waals surface area contributed by atoms with E-state index >= 15 is 0 Å². The summed E-state index contributed by atoms with van der Waals surface area (Å²) in [6.45, 7) is 3.56. The van der Waals surface area contributed by atoms with Crippen molar-refractivity contribution in [2.75, 3.05) is 20.3 Å². The van der Waals surface area contributed by atoms with Gasteiger partial charge in [-0.1, -0.05) is 35.3 Å². The van der Waals surface area contributed by atoms with Crippen LogP contribution in [0.5, 0.6) is 5.75 Å². The molecule has 19 heavy (non-hydrogen) atoms. The number of halogens is 1. The van der Waals surface area contributed by atoms with Crippen LogP contribution < -0.4 is 4.74 Å². The minimum atomic E-state index is -0.0593. The highest BCUT2D eigenvalue weighted by Gasteiger charge is 2.04. The molecule has 3 nitrogen and oxygen atoms in total. The Hall–Kier alpha value is -0.580. The van der Waals surface area contributed by atoms with Crippen molar-refractivity contribution < 1.29 is 14.2 Å². The second-order valence-corrected chi connectivity index (χ2v) is 5.25. The summed E-state index contributed by atoms with van der Waals surface area (Å²) < 4.78 is 17.5. The van der Waals surface area contributed by atoms with E-state index in [1.165, 1.54) is 0 Å². The summed E-state index contributed by atoms with van der Waals surface area (Å²) in [5.41, 5.74) is 0. The lowest BCUT2D eigenvalue weighted by Crippen LogP contribution is -2.16. The van der Waals surface area contributed by atoms with Crippen LogP contribution in [0.1, 0.15) is 32.6 Å². The Morgan fingerprint density at radius 1 is 1.21 bits per heavy atom. The van der Waals surface area contributed by atoms with Crippen molar-refractivity contribution >= 4 is 15.9 Å². The summed E-state index contributed by atoms with van der Waals surface area (Å²) in [4.78, 5) is 0. The van der Waals surface area contributed by atoms with Gasteiger partial charge in [-0.15, -0.1) is 0 Å². The molecule has 0 heterocycles. The van der Waals surface area contributed by atoms with Crippen LogP contribution in [-0.4, -0.2) is 26.6 Å². The van der Waals surface area contributed by atoms with Gasteiger partial charge in [-0.25, -0.2) is 0 Å². The van der Waals surface area contributed by atoms with E-state index in [0.717, 1.165) is 42.5 Å². The van der Waals surface area contributed by atoms with Crippen LogP contribution in [0.25, 0.3) is 0 Å². The monoisotopic (exact) mass is 330 g/mol. The Labute approximate surface area is 124 Å². The highest BCUT2D eigenvalue weighted by molar-refractivity contribution is 9.10. The van der Waals surface area contributed by atoms with Gasteiger partial charge >= 0.3 is 0 Å². The first kappa shape index (κ1) is 16.5. The van der Waals surface area contributed by atoms with Crippen molar-refractivity contribution in [2.45, 2.75) is 38.9 Å². The van der Waals surface area contributed by atoms with Gasteiger partial charge in [0.15, 0.2) is 6.29 Å². The molecule has 0 saturated carbocycles. The number of benzene rings is 1. The van der Waals surface area contributed by atoms with E-state index in [0.29, 0.717) is 6.61 Å². The molecular weight excluding hydrogens is 308 g/mol. The summed E-state index contributed by atoms with van der Waals surface area (Å²) in [5.74, 6) is 0.899. The van der Waals surface area contributed by atoms with Crippen LogP contribution in [-0.2, 0) is 9.47 Å². The molecule has 1 aromatic rings. The first-order valence-corrected chi connectivity index (χ1v) is 7.58. The maximum absolute atomic E-state index is 5.65. The first-order valence-electron chi connectivity index (χ1n) is 6.79. The van der Waals surface area contributed by atoms with Gasteiger partial charge in [0.25, 0.3) is 0 Å². The minimum absolute atomic E-state index is 0.0593. The Bertz CT molecular complexity index is 344. The lowest BCUT2D eigenvalue weighted by Gasteiger charge is -2.15. The van der Waals surface area contributed by atoms with E-state index in [9.17, 15) is 0 Å². The Kier molecular flexibility index (Phi) is 8.88. The lowest BCUT2D eigenvalue weighted by molar-refractivity contribution is -0.128. The molecule has 0 aliphatic rings. The summed E-state index contributed by atoms with van der Waals surface area (Å²) in [7, 11) is 1.69. The largest absolute Gasteiger partial charge is 0.494 e. The lowest BCUT2D eigenvalue weighted by atomic mass is 10.3. The molecule has 0 bridgehead atoms. The van der Waals surface area contributed by atoms with Gasteiger partial charge < -0.3 is 14.2 Å². The molecule has 0 amide bonds. The van der Waals surface area contributed by atoms with Crippen molar-refractivity contribution in [2.24, 2.45) is 0 Å². The second-order valence-electron chi connectivity index (χ2n) is 4.34. The van der Waals surface area contributed by atoms with E-state index in [2.05, 4.69) is 22.9 Å². The van der Waals surface area contributed by atoms with E-state index in [1.54, 1.807) is 7.11 Å². The summed E-state index contributed by atoms with van der Waals surface area (Å²) in [6.07, 6.45) is 3.93. The highest BCUT2D eigenvalue weighted by Crippen LogP contribution is 2.17. The zero-order valence-electron chi connectivity index (χ0n) is 11.7. The molecule has 1 aromatic carbocycles. The number of rotatable bonds is 10. The fraction of sp³-hybridized carbons (Fsp3) is 0.600. The van der Waals surface area contributed by atoms with Gasteiger partial charge in [0, 0.05) is 18.2 Å². The predicted molar refractivity (Wildman–Crippen MR) is 80.5 cm³/mol. The zero-order valence-corrected chi connectivity index (χ0v) is 13.3. The van der Waals surface area contributed by atoms with Crippen LogP contribution in [0.3, 0.4) is 0 Å². The van der Waals surface area contributed by atoms with Crippen molar-refractivity contribution in [1.82, 2.24) is 0 Å². The quantitative estimate of drug-likeness (QED) is 0.470. The Morgan fingerprint density at radius 3 is 2.68 bits per heavy atom. The first-order chi connectivity index (χ1) is 9.26. The van der Waals surface area contributed by atoms with Gasteiger partial charge in [0.2, 0.25) is 0 Å². The van der Waals surface area contributed by atoms with E-state index in [4.69, 9.17) is 14.2 Å². The fourth-order valence-electron chi connectivity index (χ4n) is 1.67.